The molecule has 0 N–H and O–H groups in total. The molecule has 146 valence electrons. The Morgan fingerprint density at radius 3 is 2.62 bits per heavy atom. The monoisotopic (exact) mass is 383 g/mol. The van der Waals surface area contributed by atoms with Gasteiger partial charge in [-0.1, -0.05) is 19.3 Å². The molecule has 26 heavy (non-hydrogen) atoms. The van der Waals surface area contributed by atoms with Gasteiger partial charge in [0.25, 0.3) is 0 Å². The Bertz CT molecular complexity index is 738. The van der Waals surface area contributed by atoms with Gasteiger partial charge in [-0.15, -0.1) is 0 Å². The molecule has 3 rings (SSSR count). The fourth-order valence-corrected chi connectivity index (χ4v) is 5.10. The highest BCUT2D eigenvalue weighted by Gasteiger charge is 2.33. The zero-order valence-corrected chi connectivity index (χ0v) is 16.5. The number of hydrogen-bond acceptors (Lipinski definition) is 6. The summed E-state index contributed by atoms with van der Waals surface area (Å²) in [5, 5.41) is 0.145. The van der Waals surface area contributed by atoms with Crippen molar-refractivity contribution in [3.8, 4) is 0 Å². The minimum Gasteiger partial charge on any atom is -0.468 e. The van der Waals surface area contributed by atoms with Gasteiger partial charge in [-0.25, -0.2) is 13.4 Å². The van der Waals surface area contributed by atoms with Crippen LogP contribution in [0.2, 0.25) is 0 Å². The molecule has 1 saturated carbocycles. The van der Waals surface area contributed by atoms with Crippen molar-refractivity contribution in [2.75, 3.05) is 19.9 Å². The summed E-state index contributed by atoms with van der Waals surface area (Å²) < 4.78 is 31.2. The van der Waals surface area contributed by atoms with E-state index in [1.54, 1.807) is 6.20 Å². The second-order valence-corrected chi connectivity index (χ2v) is 9.48. The molecule has 2 aliphatic rings. The first-order chi connectivity index (χ1) is 12.4. The topological polar surface area (TPSA) is 81.5 Å². The number of aromatic nitrogens is 2. The van der Waals surface area contributed by atoms with Crippen LogP contribution in [0, 0.1) is 5.92 Å². The number of methoxy groups -OCH3 is 1. The molecule has 1 aromatic heterocycles. The largest absolute Gasteiger partial charge is 0.468 e. The number of esters is 1. The van der Waals surface area contributed by atoms with Gasteiger partial charge in [-0.3, -0.25) is 9.69 Å². The van der Waals surface area contributed by atoms with Crippen molar-refractivity contribution in [1.82, 2.24) is 14.5 Å². The van der Waals surface area contributed by atoms with Crippen LogP contribution in [0.25, 0.3) is 0 Å². The summed E-state index contributed by atoms with van der Waals surface area (Å²) in [6, 6.07) is -0.250. The molecule has 0 unspecified atom stereocenters. The first-order valence-electron chi connectivity index (χ1n) is 9.46. The predicted molar refractivity (Wildman–Crippen MR) is 97.4 cm³/mol. The van der Waals surface area contributed by atoms with Crippen molar-refractivity contribution >= 4 is 15.8 Å². The second-order valence-electron chi connectivity index (χ2n) is 7.57. The van der Waals surface area contributed by atoms with Gasteiger partial charge in [0, 0.05) is 19.3 Å². The summed E-state index contributed by atoms with van der Waals surface area (Å²) in [5.41, 5.74) is 0.867. The first-order valence-corrected chi connectivity index (χ1v) is 11.4. The van der Waals surface area contributed by atoms with Crippen LogP contribution >= 0.6 is 0 Å². The molecule has 1 saturated heterocycles. The minimum atomic E-state index is -3.39. The van der Waals surface area contributed by atoms with Crippen LogP contribution in [0.15, 0.2) is 11.4 Å². The maximum absolute atomic E-state index is 12.2. The lowest BCUT2D eigenvalue weighted by molar-refractivity contribution is -0.146. The van der Waals surface area contributed by atoms with Gasteiger partial charge in [0.1, 0.15) is 6.04 Å². The summed E-state index contributed by atoms with van der Waals surface area (Å²) >= 11 is 0. The average molecular weight is 384 g/mol. The minimum absolute atomic E-state index is 0.145. The number of hydrogen-bond donors (Lipinski definition) is 0. The van der Waals surface area contributed by atoms with Crippen molar-refractivity contribution in [3.63, 3.8) is 0 Å². The lowest BCUT2D eigenvalue weighted by Crippen LogP contribution is -2.37. The van der Waals surface area contributed by atoms with E-state index in [-0.39, 0.29) is 17.2 Å². The van der Waals surface area contributed by atoms with Gasteiger partial charge in [0.05, 0.1) is 19.0 Å². The summed E-state index contributed by atoms with van der Waals surface area (Å²) in [6.45, 7) is 2.02. The van der Waals surface area contributed by atoms with E-state index >= 15 is 0 Å². The van der Waals surface area contributed by atoms with E-state index in [4.69, 9.17) is 4.74 Å². The zero-order chi connectivity index (χ0) is 18.7. The first kappa shape index (κ1) is 19.4. The quantitative estimate of drug-likeness (QED) is 0.699. The molecule has 0 radical (unpaired) electrons. The number of carbonyl (C=O) groups excluding carboxylic acids is 1. The predicted octanol–water partition coefficient (Wildman–Crippen LogP) is 2.00. The maximum atomic E-state index is 12.2. The lowest BCUT2D eigenvalue weighted by Gasteiger charge is -2.26. The second kappa shape index (κ2) is 8.08. The molecule has 1 atom stereocenters. The molecule has 2 fully saturated rings. The molecule has 0 aromatic carbocycles. The fraction of sp³-hybridized carbons (Fsp3) is 0.778. The number of likely N-dealkylation sites (tertiary alicyclic amines) is 1. The molecule has 0 bridgehead atoms. The Balaban J connectivity index is 1.84. The molecular formula is C18H29N3O4S. The Hall–Kier alpha value is -1.41. The van der Waals surface area contributed by atoms with Crippen molar-refractivity contribution in [1.29, 1.82) is 0 Å². The molecule has 2 heterocycles. The van der Waals surface area contributed by atoms with Crippen LogP contribution in [-0.2, 0) is 32.5 Å². The summed E-state index contributed by atoms with van der Waals surface area (Å²) in [6.07, 6.45) is 10.5. The highest BCUT2D eigenvalue weighted by molar-refractivity contribution is 7.90. The summed E-state index contributed by atoms with van der Waals surface area (Å²) in [5.74, 6) is 0.274. The number of nitrogens with zero attached hydrogens (tertiary/aromatic N) is 3. The molecule has 7 nitrogen and oxygen atoms in total. The van der Waals surface area contributed by atoms with Gasteiger partial charge in [0.2, 0.25) is 15.0 Å². The SMILES string of the molecule is COC(=O)[C@@H]1CCCN1Cc1cnc(S(C)(=O)=O)n1CC1CCCCC1. The number of ether oxygens (including phenoxy) is 1. The van der Waals surface area contributed by atoms with Gasteiger partial charge in [-0.05, 0) is 38.1 Å². The van der Waals surface area contributed by atoms with E-state index in [1.165, 1.54) is 32.6 Å². The van der Waals surface area contributed by atoms with Crippen molar-refractivity contribution in [2.45, 2.75) is 69.2 Å². The number of imidazole rings is 1. The van der Waals surface area contributed by atoms with Crippen LogP contribution in [0.5, 0.6) is 0 Å². The molecule has 8 heteroatoms. The Labute approximate surface area is 155 Å². The average Bonchev–Trinajstić information content (AvgIpc) is 3.23. The third kappa shape index (κ3) is 4.28. The molecule has 0 spiro atoms. The van der Waals surface area contributed by atoms with Gasteiger partial charge >= 0.3 is 5.97 Å². The number of rotatable bonds is 6. The maximum Gasteiger partial charge on any atom is 0.323 e. The van der Waals surface area contributed by atoms with E-state index < -0.39 is 9.84 Å². The van der Waals surface area contributed by atoms with E-state index in [9.17, 15) is 13.2 Å². The third-order valence-corrected chi connectivity index (χ3v) is 6.59. The van der Waals surface area contributed by atoms with Crippen molar-refractivity contribution in [3.05, 3.63) is 11.9 Å². The molecule has 1 aliphatic carbocycles. The molecular weight excluding hydrogens is 354 g/mol. The Morgan fingerprint density at radius 2 is 1.96 bits per heavy atom. The van der Waals surface area contributed by atoms with Crippen LogP contribution in [-0.4, -0.2) is 54.8 Å². The smallest absolute Gasteiger partial charge is 0.323 e. The lowest BCUT2D eigenvalue weighted by atomic mass is 9.89. The highest BCUT2D eigenvalue weighted by atomic mass is 32.2. The fourth-order valence-electron chi connectivity index (χ4n) is 4.26. The van der Waals surface area contributed by atoms with Crippen molar-refractivity contribution in [2.24, 2.45) is 5.92 Å². The third-order valence-electron chi connectivity index (χ3n) is 5.60. The molecule has 0 amide bonds. The number of carbonyl (C=O) groups is 1. The standard InChI is InChI=1S/C18H29N3O4S/c1-25-17(22)16-9-6-10-20(16)13-15-11-19-18(26(2,23)24)21(15)12-14-7-4-3-5-8-14/h11,14,16H,3-10,12-13H2,1-2H3/t16-/m0/s1. The van der Waals surface area contributed by atoms with Crippen LogP contribution in [0.4, 0.5) is 0 Å². The highest BCUT2D eigenvalue weighted by Crippen LogP contribution is 2.28. The normalized spacial score (nSPS) is 22.6. The Morgan fingerprint density at radius 1 is 1.23 bits per heavy atom. The van der Waals surface area contributed by atoms with E-state index in [2.05, 4.69) is 9.88 Å². The van der Waals surface area contributed by atoms with Crippen LogP contribution in [0.1, 0.15) is 50.6 Å². The Kier molecular flexibility index (Phi) is 6.02. The van der Waals surface area contributed by atoms with E-state index in [0.29, 0.717) is 19.0 Å². The summed E-state index contributed by atoms with van der Waals surface area (Å²) in [4.78, 5) is 18.3. The van der Waals surface area contributed by atoms with Gasteiger partial charge < -0.3 is 9.30 Å². The molecule has 1 aliphatic heterocycles. The van der Waals surface area contributed by atoms with Crippen molar-refractivity contribution < 1.29 is 17.9 Å². The molecule has 1 aromatic rings. The van der Waals surface area contributed by atoms with E-state index in [0.717, 1.165) is 37.9 Å². The van der Waals surface area contributed by atoms with E-state index in [1.807, 2.05) is 4.57 Å². The van der Waals surface area contributed by atoms with Crippen LogP contribution < -0.4 is 0 Å². The summed E-state index contributed by atoms with van der Waals surface area (Å²) in [7, 11) is -1.98. The number of sulfone groups is 1. The zero-order valence-electron chi connectivity index (χ0n) is 15.7. The van der Waals surface area contributed by atoms with Crippen LogP contribution in [0.3, 0.4) is 0 Å². The van der Waals surface area contributed by atoms with Gasteiger partial charge in [0.15, 0.2) is 0 Å². The van der Waals surface area contributed by atoms with Gasteiger partial charge in [-0.2, -0.15) is 0 Å².